The van der Waals surface area contributed by atoms with Gasteiger partial charge in [-0.1, -0.05) is 24.3 Å². The molecular weight excluding hydrogens is 210 g/mol. The summed E-state index contributed by atoms with van der Waals surface area (Å²) in [5.41, 5.74) is 2.11. The number of hydrogen-bond acceptors (Lipinski definition) is 3. The molecular formula is C14H13N3. The lowest BCUT2D eigenvalue weighted by Gasteiger charge is -2.19. The zero-order valence-electron chi connectivity index (χ0n) is 9.45. The molecule has 3 rings (SSSR count). The van der Waals surface area contributed by atoms with Crippen molar-refractivity contribution >= 4 is 11.5 Å². The molecule has 0 bridgehead atoms. The molecule has 1 aliphatic heterocycles. The number of nitrogens with zero attached hydrogens (tertiary/aromatic N) is 3. The van der Waals surface area contributed by atoms with Crippen molar-refractivity contribution < 1.29 is 0 Å². The van der Waals surface area contributed by atoms with Crippen LogP contribution in [-0.2, 0) is 0 Å². The van der Waals surface area contributed by atoms with Crippen molar-refractivity contribution in [3.63, 3.8) is 0 Å². The van der Waals surface area contributed by atoms with E-state index in [9.17, 15) is 0 Å². The molecule has 1 aliphatic rings. The first-order chi connectivity index (χ1) is 8.45. The van der Waals surface area contributed by atoms with Crippen molar-refractivity contribution in [2.45, 2.75) is 0 Å². The quantitative estimate of drug-likeness (QED) is 0.781. The number of anilines is 1. The topological polar surface area (TPSA) is 28.5 Å². The predicted molar refractivity (Wildman–Crippen MR) is 69.4 cm³/mol. The van der Waals surface area contributed by atoms with Gasteiger partial charge in [0.05, 0.1) is 6.54 Å². The van der Waals surface area contributed by atoms with E-state index in [0.717, 1.165) is 24.6 Å². The zero-order valence-corrected chi connectivity index (χ0v) is 9.45. The van der Waals surface area contributed by atoms with E-state index in [2.05, 4.69) is 27.0 Å². The van der Waals surface area contributed by atoms with Crippen molar-refractivity contribution in [3.05, 3.63) is 60.4 Å². The summed E-state index contributed by atoms with van der Waals surface area (Å²) in [6.45, 7) is 1.76. The molecule has 3 nitrogen and oxygen atoms in total. The van der Waals surface area contributed by atoms with E-state index in [0.29, 0.717) is 0 Å². The Morgan fingerprint density at radius 1 is 0.941 bits per heavy atom. The number of benzene rings is 1. The Balaban J connectivity index is 1.96. The highest BCUT2D eigenvalue weighted by Gasteiger charge is 2.20. The van der Waals surface area contributed by atoms with Gasteiger partial charge in [0.1, 0.15) is 5.69 Å². The molecule has 1 aromatic heterocycles. The van der Waals surface area contributed by atoms with E-state index >= 15 is 0 Å². The molecule has 0 radical (unpaired) electrons. The van der Waals surface area contributed by atoms with Crippen LogP contribution in [0.4, 0.5) is 5.69 Å². The number of amidine groups is 1. The molecule has 0 atom stereocenters. The van der Waals surface area contributed by atoms with Gasteiger partial charge in [0.15, 0.2) is 5.84 Å². The standard InChI is InChI=1S/C14H13N3/c1-2-6-12(7-3-1)17-11-10-16-14(17)13-8-4-5-9-15-13/h1-9H,10-11H2. The maximum absolute atomic E-state index is 4.54. The second-order valence-electron chi connectivity index (χ2n) is 3.91. The molecule has 1 aromatic carbocycles. The van der Waals surface area contributed by atoms with Gasteiger partial charge >= 0.3 is 0 Å². The van der Waals surface area contributed by atoms with E-state index in [4.69, 9.17) is 0 Å². The van der Waals surface area contributed by atoms with Gasteiger partial charge in [0, 0.05) is 18.4 Å². The summed E-state index contributed by atoms with van der Waals surface area (Å²) in [5.74, 6) is 0.969. The number of hydrogen-bond donors (Lipinski definition) is 0. The lowest BCUT2D eigenvalue weighted by molar-refractivity contribution is 1.02. The first-order valence-corrected chi connectivity index (χ1v) is 5.73. The maximum Gasteiger partial charge on any atom is 0.154 e. The molecule has 17 heavy (non-hydrogen) atoms. The van der Waals surface area contributed by atoms with Crippen molar-refractivity contribution in [2.75, 3.05) is 18.0 Å². The molecule has 0 spiro atoms. The lowest BCUT2D eigenvalue weighted by Crippen LogP contribution is -2.28. The summed E-state index contributed by atoms with van der Waals surface area (Å²) in [4.78, 5) is 11.1. The Hall–Kier alpha value is -2.16. The van der Waals surface area contributed by atoms with Crippen molar-refractivity contribution in [3.8, 4) is 0 Å². The van der Waals surface area contributed by atoms with Gasteiger partial charge in [0.25, 0.3) is 0 Å². The minimum atomic E-state index is 0.834. The van der Waals surface area contributed by atoms with Crippen LogP contribution in [-0.4, -0.2) is 23.9 Å². The fourth-order valence-electron chi connectivity index (χ4n) is 2.02. The van der Waals surface area contributed by atoms with E-state index in [1.165, 1.54) is 5.69 Å². The van der Waals surface area contributed by atoms with Gasteiger partial charge in [0.2, 0.25) is 0 Å². The van der Waals surface area contributed by atoms with E-state index in [1.54, 1.807) is 6.20 Å². The Morgan fingerprint density at radius 3 is 2.53 bits per heavy atom. The highest BCUT2D eigenvalue weighted by atomic mass is 15.2. The minimum Gasteiger partial charge on any atom is -0.323 e. The molecule has 0 unspecified atom stereocenters. The number of rotatable bonds is 2. The summed E-state index contributed by atoms with van der Waals surface area (Å²) in [5, 5.41) is 0. The molecule has 2 heterocycles. The fourth-order valence-corrected chi connectivity index (χ4v) is 2.02. The highest BCUT2D eigenvalue weighted by molar-refractivity contribution is 6.09. The van der Waals surface area contributed by atoms with E-state index < -0.39 is 0 Å². The van der Waals surface area contributed by atoms with Crippen LogP contribution in [0.3, 0.4) is 0 Å². The van der Waals surface area contributed by atoms with Crippen LogP contribution in [0.25, 0.3) is 0 Å². The summed E-state index contributed by atoms with van der Waals surface area (Å²) < 4.78 is 0. The Morgan fingerprint density at radius 2 is 1.76 bits per heavy atom. The van der Waals surface area contributed by atoms with Gasteiger partial charge in [-0.15, -0.1) is 0 Å². The summed E-state index contributed by atoms with van der Waals surface area (Å²) in [7, 11) is 0. The average Bonchev–Trinajstić information content (AvgIpc) is 2.90. The first-order valence-electron chi connectivity index (χ1n) is 5.73. The normalized spacial score (nSPS) is 14.8. The van der Waals surface area contributed by atoms with Gasteiger partial charge in [-0.2, -0.15) is 0 Å². The second-order valence-corrected chi connectivity index (χ2v) is 3.91. The minimum absolute atomic E-state index is 0.834. The van der Waals surface area contributed by atoms with Crippen LogP contribution in [0.1, 0.15) is 5.69 Å². The predicted octanol–water partition coefficient (Wildman–Crippen LogP) is 2.35. The molecule has 0 N–H and O–H groups in total. The van der Waals surface area contributed by atoms with Crippen molar-refractivity contribution in [2.24, 2.45) is 4.99 Å². The van der Waals surface area contributed by atoms with Gasteiger partial charge in [-0.05, 0) is 24.3 Å². The van der Waals surface area contributed by atoms with Gasteiger partial charge in [-0.3, -0.25) is 9.98 Å². The third-order valence-corrected chi connectivity index (χ3v) is 2.80. The van der Waals surface area contributed by atoms with E-state index in [1.807, 2.05) is 36.4 Å². The van der Waals surface area contributed by atoms with Crippen LogP contribution in [0.5, 0.6) is 0 Å². The largest absolute Gasteiger partial charge is 0.323 e. The number of aromatic nitrogens is 1. The fraction of sp³-hybridized carbons (Fsp3) is 0.143. The molecule has 2 aromatic rings. The first kappa shape index (κ1) is 10.0. The van der Waals surface area contributed by atoms with Crippen LogP contribution in [0.15, 0.2) is 59.7 Å². The summed E-state index contributed by atoms with van der Waals surface area (Å²) in [6.07, 6.45) is 1.80. The monoisotopic (exact) mass is 223 g/mol. The maximum atomic E-state index is 4.54. The van der Waals surface area contributed by atoms with Crippen LogP contribution < -0.4 is 4.90 Å². The molecule has 0 amide bonds. The smallest absolute Gasteiger partial charge is 0.154 e. The molecule has 3 heteroatoms. The lowest BCUT2D eigenvalue weighted by atomic mass is 10.2. The summed E-state index contributed by atoms with van der Waals surface area (Å²) in [6, 6.07) is 16.2. The SMILES string of the molecule is c1ccc(N2CCN=C2c2ccccn2)cc1. The van der Waals surface area contributed by atoms with Crippen LogP contribution in [0, 0.1) is 0 Å². The average molecular weight is 223 g/mol. The third-order valence-electron chi connectivity index (χ3n) is 2.80. The molecule has 84 valence electrons. The zero-order chi connectivity index (χ0) is 11.5. The van der Waals surface area contributed by atoms with Crippen molar-refractivity contribution in [1.82, 2.24) is 4.98 Å². The molecule has 0 fully saturated rings. The van der Waals surface area contributed by atoms with Crippen molar-refractivity contribution in [1.29, 1.82) is 0 Å². The Kier molecular flexibility index (Phi) is 2.58. The molecule has 0 saturated carbocycles. The molecule has 0 saturated heterocycles. The van der Waals surface area contributed by atoms with Crippen LogP contribution in [0.2, 0.25) is 0 Å². The van der Waals surface area contributed by atoms with Crippen LogP contribution >= 0.6 is 0 Å². The second kappa shape index (κ2) is 4.37. The van der Waals surface area contributed by atoms with Gasteiger partial charge in [-0.25, -0.2) is 0 Å². The van der Waals surface area contributed by atoms with Gasteiger partial charge < -0.3 is 4.90 Å². The highest BCUT2D eigenvalue weighted by Crippen LogP contribution is 2.19. The molecule has 0 aliphatic carbocycles. The number of pyridine rings is 1. The Labute approximate surface area is 100 Å². The summed E-state index contributed by atoms with van der Waals surface area (Å²) >= 11 is 0. The third kappa shape index (κ3) is 1.91. The number of aliphatic imine (C=N–C) groups is 1. The Bertz CT molecular complexity index is 520. The van der Waals surface area contributed by atoms with E-state index in [-0.39, 0.29) is 0 Å². The number of para-hydroxylation sites is 1.